The maximum Gasteiger partial charge on any atom is 0.276 e. The van der Waals surface area contributed by atoms with E-state index in [2.05, 4.69) is 30.9 Å². The van der Waals surface area contributed by atoms with Crippen molar-refractivity contribution in [3.05, 3.63) is 97.4 Å². The van der Waals surface area contributed by atoms with Crippen molar-refractivity contribution in [1.82, 2.24) is 19.5 Å². The topological polar surface area (TPSA) is 90.1 Å². The average Bonchev–Trinajstić information content (AvgIpc) is 2.85. The van der Waals surface area contributed by atoms with Crippen molar-refractivity contribution in [2.24, 2.45) is 0 Å². The first-order valence-corrected chi connectivity index (χ1v) is 12.2. The summed E-state index contributed by atoms with van der Waals surface area (Å²) in [5.41, 5.74) is 1.12. The summed E-state index contributed by atoms with van der Waals surface area (Å²) in [6.45, 7) is 7.85. The van der Waals surface area contributed by atoms with E-state index in [1.54, 1.807) is 33.0 Å². The van der Waals surface area contributed by atoms with E-state index in [-0.39, 0.29) is 33.9 Å². The molecule has 192 valence electrons. The molecule has 0 bridgehead atoms. The van der Waals surface area contributed by atoms with Crippen molar-refractivity contribution in [2.75, 3.05) is 0 Å². The van der Waals surface area contributed by atoms with Crippen LogP contribution in [0.4, 0.5) is 8.78 Å². The van der Waals surface area contributed by atoms with Crippen LogP contribution in [0.5, 0.6) is 5.88 Å². The maximum absolute atomic E-state index is 14.4. The molecular weight excluding hydrogens is 546 g/mol. The molecule has 0 saturated carbocycles. The minimum Gasteiger partial charge on any atom is -0.472 e. The Bertz CT molecular complexity index is 1570. The summed E-state index contributed by atoms with van der Waals surface area (Å²) in [5, 5.41) is 10.3. The third-order valence-electron chi connectivity index (χ3n) is 5.88. The zero-order valence-electron chi connectivity index (χ0n) is 20.9. The van der Waals surface area contributed by atoms with E-state index >= 15 is 0 Å². The fourth-order valence-electron chi connectivity index (χ4n) is 3.76. The predicted molar refractivity (Wildman–Crippen MR) is 139 cm³/mol. The third kappa shape index (κ3) is 5.30. The Morgan fingerprint density at radius 3 is 2.51 bits per heavy atom. The summed E-state index contributed by atoms with van der Waals surface area (Å²) in [6.07, 6.45) is 1.57. The first kappa shape index (κ1) is 26.6. The number of aryl methyl sites for hydroxylation is 2. The number of ether oxygens (including phenoxy) is 1. The highest BCUT2D eigenvalue weighted by Gasteiger charge is 2.21. The largest absolute Gasteiger partial charge is 0.472 e. The zero-order chi connectivity index (χ0) is 27.1. The van der Waals surface area contributed by atoms with E-state index in [0.29, 0.717) is 17.2 Å². The Labute approximate surface area is 221 Å². The summed E-state index contributed by atoms with van der Waals surface area (Å²) in [6, 6.07) is 9.73. The monoisotopic (exact) mass is 570 g/mol. The van der Waals surface area contributed by atoms with Gasteiger partial charge in [0.05, 0.1) is 11.4 Å². The Morgan fingerprint density at radius 2 is 1.81 bits per heavy atom. The molecule has 0 aliphatic rings. The molecule has 2 aromatic heterocycles. The summed E-state index contributed by atoms with van der Waals surface area (Å²) < 4.78 is 35.1. The molecule has 10 heteroatoms. The molecule has 0 aliphatic heterocycles. The van der Waals surface area contributed by atoms with Gasteiger partial charge in [0.25, 0.3) is 5.56 Å². The first-order chi connectivity index (χ1) is 17.4. The Balaban J connectivity index is 1.72. The highest BCUT2D eigenvalue weighted by molar-refractivity contribution is 9.10. The van der Waals surface area contributed by atoms with E-state index in [1.807, 2.05) is 25.1 Å². The van der Waals surface area contributed by atoms with Crippen LogP contribution in [0.15, 0.2) is 51.9 Å². The van der Waals surface area contributed by atoms with Crippen LogP contribution in [-0.2, 0) is 12.2 Å². The van der Waals surface area contributed by atoms with E-state index in [4.69, 9.17) is 4.74 Å². The van der Waals surface area contributed by atoms with Gasteiger partial charge in [0.2, 0.25) is 5.88 Å². The zero-order valence-corrected chi connectivity index (χ0v) is 22.5. The fraction of sp³-hybridized carbons (Fsp3) is 0.259. The minimum atomic E-state index is -1.21. The molecule has 0 saturated heterocycles. The van der Waals surface area contributed by atoms with Gasteiger partial charge >= 0.3 is 0 Å². The first-order valence-electron chi connectivity index (χ1n) is 11.4. The van der Waals surface area contributed by atoms with Crippen LogP contribution in [0.3, 0.4) is 0 Å². The van der Waals surface area contributed by atoms with E-state index < -0.39 is 22.8 Å². The van der Waals surface area contributed by atoms with E-state index in [1.165, 1.54) is 23.6 Å². The SMILES string of the molecule is Cc1ccc(-c2ccnc(C(C)(C)O)n2)cc1-n1c(C)nc(OCc2ccc(F)c(C)c2F)c(Br)c1=O. The van der Waals surface area contributed by atoms with Gasteiger partial charge in [0, 0.05) is 22.9 Å². The molecule has 0 spiro atoms. The molecule has 0 radical (unpaired) electrons. The van der Waals surface area contributed by atoms with Gasteiger partial charge in [-0.2, -0.15) is 4.98 Å². The van der Waals surface area contributed by atoms with Crippen LogP contribution < -0.4 is 10.3 Å². The van der Waals surface area contributed by atoms with Gasteiger partial charge in [-0.25, -0.2) is 18.7 Å². The lowest BCUT2D eigenvalue weighted by atomic mass is 10.1. The number of nitrogens with zero attached hydrogens (tertiary/aromatic N) is 4. The summed E-state index contributed by atoms with van der Waals surface area (Å²) in [4.78, 5) is 26.4. The van der Waals surface area contributed by atoms with Crippen molar-refractivity contribution < 1.29 is 18.6 Å². The molecule has 0 amide bonds. The van der Waals surface area contributed by atoms with Crippen molar-refractivity contribution in [2.45, 2.75) is 46.8 Å². The lowest BCUT2D eigenvalue weighted by molar-refractivity contribution is 0.0688. The minimum absolute atomic E-state index is 0.000412. The molecule has 37 heavy (non-hydrogen) atoms. The summed E-state index contributed by atoms with van der Waals surface area (Å²) >= 11 is 3.28. The summed E-state index contributed by atoms with van der Waals surface area (Å²) in [7, 11) is 0. The Kier molecular flexibility index (Phi) is 7.25. The van der Waals surface area contributed by atoms with Gasteiger partial charge in [0.15, 0.2) is 5.82 Å². The smallest absolute Gasteiger partial charge is 0.276 e. The van der Waals surface area contributed by atoms with Gasteiger partial charge < -0.3 is 9.84 Å². The number of rotatable bonds is 6. The molecule has 0 unspecified atom stereocenters. The number of hydrogen-bond acceptors (Lipinski definition) is 6. The van der Waals surface area contributed by atoms with Gasteiger partial charge in [-0.05, 0) is 80.4 Å². The Hall–Kier alpha value is -3.50. The van der Waals surface area contributed by atoms with Crippen LogP contribution in [0.25, 0.3) is 16.9 Å². The van der Waals surface area contributed by atoms with Crippen molar-refractivity contribution in [3.8, 4) is 22.8 Å². The molecule has 2 aromatic carbocycles. The Morgan fingerprint density at radius 1 is 1.08 bits per heavy atom. The second kappa shape index (κ2) is 10.1. The number of aromatic nitrogens is 4. The van der Waals surface area contributed by atoms with Gasteiger partial charge in [-0.1, -0.05) is 12.1 Å². The van der Waals surface area contributed by atoms with Gasteiger partial charge in [0.1, 0.15) is 34.1 Å². The summed E-state index contributed by atoms with van der Waals surface area (Å²) in [5.74, 6) is -0.723. The standard InChI is InChI=1S/C27H25BrF2N4O3/c1-14-6-7-17(20-10-11-31-26(33-20)27(4,5)36)12-21(14)34-16(3)32-24(22(28)25(34)35)37-13-18-8-9-19(29)15(2)23(18)30/h6-12,36H,13H2,1-5H3. The molecule has 2 heterocycles. The van der Waals surface area contributed by atoms with Crippen molar-refractivity contribution in [3.63, 3.8) is 0 Å². The fourth-order valence-corrected chi connectivity index (χ4v) is 4.14. The van der Waals surface area contributed by atoms with Gasteiger partial charge in [-0.15, -0.1) is 0 Å². The number of halogens is 3. The number of hydrogen-bond donors (Lipinski definition) is 1. The van der Waals surface area contributed by atoms with Crippen molar-refractivity contribution >= 4 is 15.9 Å². The highest BCUT2D eigenvalue weighted by Crippen LogP contribution is 2.27. The molecule has 1 N–H and O–H groups in total. The normalized spacial score (nSPS) is 11.6. The van der Waals surface area contributed by atoms with Crippen LogP contribution in [0, 0.1) is 32.4 Å². The lowest BCUT2D eigenvalue weighted by Gasteiger charge is -2.18. The van der Waals surface area contributed by atoms with Crippen LogP contribution in [0.1, 0.15) is 42.2 Å². The lowest BCUT2D eigenvalue weighted by Crippen LogP contribution is -2.24. The molecule has 4 aromatic rings. The predicted octanol–water partition coefficient (Wildman–Crippen LogP) is 5.46. The van der Waals surface area contributed by atoms with Crippen LogP contribution >= 0.6 is 15.9 Å². The average molecular weight is 571 g/mol. The number of aliphatic hydroxyl groups is 1. The molecule has 0 fully saturated rings. The molecule has 4 rings (SSSR count). The van der Waals surface area contributed by atoms with Gasteiger partial charge in [-0.3, -0.25) is 9.36 Å². The second-order valence-corrected chi connectivity index (χ2v) is 9.97. The van der Waals surface area contributed by atoms with Crippen molar-refractivity contribution in [1.29, 1.82) is 0 Å². The molecule has 0 aliphatic carbocycles. The molecule has 0 atom stereocenters. The van der Waals surface area contributed by atoms with E-state index in [9.17, 15) is 18.7 Å². The third-order valence-corrected chi connectivity index (χ3v) is 6.56. The highest BCUT2D eigenvalue weighted by atomic mass is 79.9. The number of benzene rings is 2. The second-order valence-electron chi connectivity index (χ2n) is 9.18. The maximum atomic E-state index is 14.4. The van der Waals surface area contributed by atoms with Crippen LogP contribution in [-0.4, -0.2) is 24.6 Å². The molecular formula is C27H25BrF2N4O3. The van der Waals surface area contributed by atoms with E-state index in [0.717, 1.165) is 11.1 Å². The quantitative estimate of drug-likeness (QED) is 0.331. The molecule has 7 nitrogen and oxygen atoms in total. The van der Waals surface area contributed by atoms with Crippen LogP contribution in [0.2, 0.25) is 0 Å².